The third kappa shape index (κ3) is 14.6. The van der Waals surface area contributed by atoms with Gasteiger partial charge in [-0.1, -0.05) is 72.2 Å². The summed E-state index contributed by atoms with van der Waals surface area (Å²) in [6.07, 6.45) is 0.861. The van der Waals surface area contributed by atoms with Gasteiger partial charge in [0.2, 0.25) is 17.7 Å². The Kier molecular flexibility index (Phi) is 17.2. The quantitative estimate of drug-likeness (QED) is 0.115. The number of aliphatic hydroxyl groups excluding tert-OH is 1. The number of carboxylic acid groups (broad SMARTS) is 1. The molecule has 0 radical (unpaired) electrons. The van der Waals surface area contributed by atoms with E-state index in [-0.39, 0.29) is 36.6 Å². The molecule has 0 saturated heterocycles. The van der Waals surface area contributed by atoms with E-state index in [4.69, 9.17) is 4.74 Å². The van der Waals surface area contributed by atoms with Gasteiger partial charge in [0, 0.05) is 12.1 Å². The molecule has 0 aliphatic rings. The van der Waals surface area contributed by atoms with Crippen molar-refractivity contribution in [3.8, 4) is 5.75 Å². The van der Waals surface area contributed by atoms with Crippen LogP contribution in [0, 0.1) is 23.7 Å². The summed E-state index contributed by atoms with van der Waals surface area (Å²) in [6.45, 7) is 11.1. The minimum atomic E-state index is -1.53. The Bertz CT molecular complexity index is 1340. The summed E-state index contributed by atoms with van der Waals surface area (Å²) in [7, 11) is 0. The number of nitrogens with zero attached hydrogens (tertiary/aromatic N) is 1. The summed E-state index contributed by atoms with van der Waals surface area (Å²) < 4.78 is 5.36. The lowest BCUT2D eigenvalue weighted by molar-refractivity contribution is -0.144. The largest absolute Gasteiger partial charge is 0.484 e. The van der Waals surface area contributed by atoms with E-state index in [1.54, 1.807) is 48.7 Å². The molecule has 0 spiro atoms. The van der Waals surface area contributed by atoms with E-state index in [9.17, 15) is 34.2 Å². The number of amides is 4. The lowest BCUT2D eigenvalue weighted by Crippen LogP contribution is -2.53. The number of pyridine rings is 1. The Morgan fingerprint density at radius 3 is 2.08 bits per heavy atom. The second-order valence-electron chi connectivity index (χ2n) is 13.1. The van der Waals surface area contributed by atoms with Crippen molar-refractivity contribution in [2.75, 3.05) is 6.61 Å². The van der Waals surface area contributed by atoms with Gasteiger partial charge in [0.05, 0.1) is 30.8 Å². The molecule has 2 rings (SSSR count). The Hall–Kier alpha value is -4.52. The summed E-state index contributed by atoms with van der Waals surface area (Å²) in [5.41, 5.74) is 0.681. The van der Waals surface area contributed by atoms with Crippen LogP contribution in [0.5, 0.6) is 5.75 Å². The lowest BCUT2D eigenvalue weighted by atomic mass is 9.85. The fraction of sp³-hybridized carbons (Fsp3) is 0.556. The smallest absolute Gasteiger partial charge is 0.326 e. The highest BCUT2D eigenvalue weighted by Gasteiger charge is 2.34. The van der Waals surface area contributed by atoms with Crippen LogP contribution in [0.4, 0.5) is 0 Å². The van der Waals surface area contributed by atoms with Gasteiger partial charge < -0.3 is 36.2 Å². The van der Waals surface area contributed by atoms with Gasteiger partial charge in [0.25, 0.3) is 5.91 Å². The van der Waals surface area contributed by atoms with E-state index < -0.39 is 66.9 Å². The molecule has 270 valence electrons. The normalized spacial score (nSPS) is 14.9. The number of aliphatic carboxylic acids is 1. The van der Waals surface area contributed by atoms with Gasteiger partial charge >= 0.3 is 5.97 Å². The van der Waals surface area contributed by atoms with Crippen LogP contribution < -0.4 is 26.0 Å². The van der Waals surface area contributed by atoms with Gasteiger partial charge in [-0.15, -0.1) is 0 Å². The number of hydrogen-bond donors (Lipinski definition) is 6. The maximum absolute atomic E-state index is 13.6. The molecular weight excluding hydrogens is 630 g/mol. The van der Waals surface area contributed by atoms with Crippen LogP contribution in [0.3, 0.4) is 0 Å². The molecule has 0 aliphatic carbocycles. The Balaban J connectivity index is 2.07. The highest BCUT2D eigenvalue weighted by Crippen LogP contribution is 2.23. The zero-order valence-corrected chi connectivity index (χ0v) is 29.3. The van der Waals surface area contributed by atoms with Crippen LogP contribution in [0.2, 0.25) is 0 Å². The first-order valence-electron chi connectivity index (χ1n) is 16.9. The van der Waals surface area contributed by atoms with Gasteiger partial charge in [0.1, 0.15) is 17.8 Å². The number of benzene rings is 1. The first-order chi connectivity index (χ1) is 23.2. The minimum Gasteiger partial charge on any atom is -0.484 e. The maximum atomic E-state index is 13.6. The molecular formula is C36H53N5O8. The molecule has 49 heavy (non-hydrogen) atoms. The molecule has 6 N–H and O–H groups in total. The number of nitrogens with one attached hydrogen (secondary N) is 4. The van der Waals surface area contributed by atoms with Crippen molar-refractivity contribution in [2.45, 2.75) is 98.0 Å². The highest BCUT2D eigenvalue weighted by molar-refractivity contribution is 5.90. The summed E-state index contributed by atoms with van der Waals surface area (Å²) in [5.74, 6) is -4.17. The van der Waals surface area contributed by atoms with Crippen LogP contribution in [0.1, 0.15) is 72.9 Å². The predicted octanol–water partition coefficient (Wildman–Crippen LogP) is 2.82. The van der Waals surface area contributed by atoms with Crippen molar-refractivity contribution in [3.63, 3.8) is 0 Å². The number of hydrogen-bond acceptors (Lipinski definition) is 8. The SMILES string of the molecule is CC[C@H](C)[C@H](NC(=O)[C@@H](C[C@H](O)[C@H](CC(C)C)NC(=O)C[C@H](NC(=O)COc1ccccc1)C(=O)O)C(C)C)C(=O)NCc1ccccn1. The van der Waals surface area contributed by atoms with Crippen LogP contribution in [-0.2, 0) is 30.5 Å². The topological polar surface area (TPSA) is 196 Å². The maximum Gasteiger partial charge on any atom is 0.326 e. The number of rotatable bonds is 21. The fourth-order valence-electron chi connectivity index (χ4n) is 5.23. The van der Waals surface area contributed by atoms with E-state index in [0.29, 0.717) is 24.3 Å². The van der Waals surface area contributed by atoms with E-state index in [2.05, 4.69) is 26.3 Å². The Morgan fingerprint density at radius 1 is 0.837 bits per heavy atom. The molecule has 4 amide bonds. The zero-order valence-electron chi connectivity index (χ0n) is 29.3. The number of carbonyl (C=O) groups excluding carboxylic acids is 4. The van der Waals surface area contributed by atoms with Crippen molar-refractivity contribution in [1.82, 2.24) is 26.3 Å². The lowest BCUT2D eigenvalue weighted by Gasteiger charge is -2.31. The summed E-state index contributed by atoms with van der Waals surface area (Å²) in [4.78, 5) is 68.4. The van der Waals surface area contributed by atoms with E-state index in [1.165, 1.54) is 0 Å². The van der Waals surface area contributed by atoms with Crippen LogP contribution in [-0.4, -0.2) is 75.6 Å². The highest BCUT2D eigenvalue weighted by atomic mass is 16.5. The van der Waals surface area contributed by atoms with Gasteiger partial charge in [-0.25, -0.2) is 4.79 Å². The monoisotopic (exact) mass is 683 g/mol. The van der Waals surface area contributed by atoms with Crippen molar-refractivity contribution >= 4 is 29.6 Å². The molecule has 0 unspecified atom stereocenters. The summed E-state index contributed by atoms with van der Waals surface area (Å²) >= 11 is 0. The number of carboxylic acids is 1. The van der Waals surface area contributed by atoms with E-state index in [1.807, 2.05) is 47.6 Å². The van der Waals surface area contributed by atoms with Crippen molar-refractivity contribution in [1.29, 1.82) is 0 Å². The standard InChI is InChI=1S/C36H53N5O8/c1-7-24(6)33(35(46)38-20-25-13-11-12-16-37-25)41-34(45)27(23(4)5)18-30(42)28(17-22(2)3)39-31(43)19-29(36(47)48)40-32(44)21-49-26-14-9-8-10-15-26/h8-16,22-24,27-30,33,42H,7,17-21H2,1-6H3,(H,38,46)(H,39,43)(H,40,44)(H,41,45)(H,47,48)/t24-,27-,28-,29-,30-,33-/m0/s1. The molecule has 13 heteroatoms. The Morgan fingerprint density at radius 2 is 1.51 bits per heavy atom. The number of carbonyl (C=O) groups is 5. The molecule has 0 fully saturated rings. The second-order valence-corrected chi connectivity index (χ2v) is 13.1. The number of aromatic nitrogens is 1. The molecule has 0 aliphatic heterocycles. The molecule has 2 aromatic rings. The van der Waals surface area contributed by atoms with Crippen molar-refractivity contribution in [2.24, 2.45) is 23.7 Å². The number of ether oxygens (including phenoxy) is 1. The minimum absolute atomic E-state index is 0.0140. The number of para-hydroxylation sites is 1. The fourth-order valence-corrected chi connectivity index (χ4v) is 5.23. The summed E-state index contributed by atoms with van der Waals surface area (Å²) in [5, 5.41) is 31.8. The first-order valence-corrected chi connectivity index (χ1v) is 16.9. The number of aliphatic hydroxyl groups is 1. The van der Waals surface area contributed by atoms with Gasteiger partial charge in [-0.05, 0) is 54.9 Å². The van der Waals surface area contributed by atoms with Gasteiger partial charge in [-0.2, -0.15) is 0 Å². The van der Waals surface area contributed by atoms with Gasteiger partial charge in [-0.3, -0.25) is 24.2 Å². The summed E-state index contributed by atoms with van der Waals surface area (Å²) in [6, 6.07) is 10.8. The van der Waals surface area contributed by atoms with Crippen molar-refractivity contribution < 1.29 is 38.9 Å². The molecule has 1 aromatic carbocycles. The Labute approximate surface area is 289 Å². The van der Waals surface area contributed by atoms with Crippen LogP contribution in [0.15, 0.2) is 54.7 Å². The predicted molar refractivity (Wildman–Crippen MR) is 184 cm³/mol. The molecule has 13 nitrogen and oxygen atoms in total. The third-order valence-corrected chi connectivity index (χ3v) is 8.27. The van der Waals surface area contributed by atoms with Crippen molar-refractivity contribution in [3.05, 3.63) is 60.4 Å². The molecule has 1 aromatic heterocycles. The van der Waals surface area contributed by atoms with E-state index >= 15 is 0 Å². The molecule has 6 atom stereocenters. The average molecular weight is 684 g/mol. The van der Waals surface area contributed by atoms with E-state index in [0.717, 1.165) is 0 Å². The second kappa shape index (κ2) is 20.8. The molecule has 1 heterocycles. The third-order valence-electron chi connectivity index (χ3n) is 8.27. The molecule has 0 bridgehead atoms. The van der Waals surface area contributed by atoms with Crippen LogP contribution in [0.25, 0.3) is 0 Å². The zero-order chi connectivity index (χ0) is 36.5. The molecule has 0 saturated carbocycles. The van der Waals surface area contributed by atoms with Crippen LogP contribution >= 0.6 is 0 Å². The average Bonchev–Trinajstić information content (AvgIpc) is 3.06. The van der Waals surface area contributed by atoms with Gasteiger partial charge in [0.15, 0.2) is 6.61 Å². The first kappa shape index (κ1) is 40.7.